The number of benzene rings is 1. The van der Waals surface area contributed by atoms with E-state index in [0.717, 1.165) is 12.5 Å². The molecule has 2 aliphatic heterocycles. The van der Waals surface area contributed by atoms with E-state index in [1.54, 1.807) is 5.56 Å². The zero-order chi connectivity index (χ0) is 12.4. The molecular weight excluding hydrogens is 240 g/mol. The van der Waals surface area contributed by atoms with E-state index in [1.807, 2.05) is 11.8 Å². The normalized spacial score (nSPS) is 25.9. The largest absolute Gasteiger partial charge is 0.330 e. The molecule has 0 aromatic heterocycles. The van der Waals surface area contributed by atoms with Crippen LogP contribution in [0.5, 0.6) is 0 Å². The minimum Gasteiger partial charge on any atom is -0.330 e. The van der Waals surface area contributed by atoms with Crippen molar-refractivity contribution in [1.29, 1.82) is 0 Å². The Morgan fingerprint density at radius 1 is 1.17 bits per heavy atom. The fourth-order valence-electron chi connectivity index (χ4n) is 3.20. The van der Waals surface area contributed by atoms with Crippen molar-refractivity contribution in [3.63, 3.8) is 0 Å². The number of hydrogen-bond acceptors (Lipinski definition) is 3. The minimum absolute atomic E-state index is 0.654. The number of nitrogens with zero attached hydrogens (tertiary/aromatic N) is 1. The van der Waals surface area contributed by atoms with Gasteiger partial charge in [0, 0.05) is 10.9 Å². The highest BCUT2D eigenvalue weighted by molar-refractivity contribution is 7.99. The highest BCUT2D eigenvalue weighted by atomic mass is 32.2. The monoisotopic (exact) mass is 262 g/mol. The quantitative estimate of drug-likeness (QED) is 0.888. The summed E-state index contributed by atoms with van der Waals surface area (Å²) in [6.45, 7) is 3.32. The molecule has 0 amide bonds. The number of fused-ring (bicyclic) bond motifs is 1. The zero-order valence-corrected chi connectivity index (χ0v) is 11.7. The molecule has 0 saturated carbocycles. The van der Waals surface area contributed by atoms with E-state index in [0.29, 0.717) is 6.04 Å². The summed E-state index contributed by atoms with van der Waals surface area (Å²) in [6, 6.07) is 9.60. The fraction of sp³-hybridized carbons (Fsp3) is 0.600. The maximum Gasteiger partial charge on any atom is 0.0367 e. The van der Waals surface area contributed by atoms with Gasteiger partial charge in [0.2, 0.25) is 0 Å². The van der Waals surface area contributed by atoms with Crippen LogP contribution < -0.4 is 5.73 Å². The highest BCUT2D eigenvalue weighted by Gasteiger charge is 2.28. The molecule has 2 aliphatic rings. The van der Waals surface area contributed by atoms with Gasteiger partial charge in [-0.1, -0.05) is 18.2 Å². The molecule has 0 spiro atoms. The Bertz CT molecular complexity index is 399. The number of thioether (sulfide) groups is 1. The van der Waals surface area contributed by atoms with E-state index in [1.165, 1.54) is 43.0 Å². The summed E-state index contributed by atoms with van der Waals surface area (Å²) >= 11 is 2.01. The number of nitrogens with two attached hydrogens (primary N) is 1. The average molecular weight is 262 g/mol. The molecular formula is C15H22N2S. The van der Waals surface area contributed by atoms with Crippen LogP contribution in [0.3, 0.4) is 0 Å². The van der Waals surface area contributed by atoms with Crippen LogP contribution in [-0.4, -0.2) is 30.3 Å². The summed E-state index contributed by atoms with van der Waals surface area (Å²) in [5.74, 6) is 2.02. The molecule has 3 rings (SSSR count). The lowest BCUT2D eigenvalue weighted by molar-refractivity contribution is 0.129. The molecule has 1 unspecified atom stereocenters. The van der Waals surface area contributed by atoms with Crippen molar-refractivity contribution in [2.45, 2.75) is 30.2 Å². The molecule has 0 radical (unpaired) electrons. The number of piperidine rings is 1. The third-order valence-electron chi connectivity index (χ3n) is 4.35. The van der Waals surface area contributed by atoms with Crippen LogP contribution in [0.15, 0.2) is 29.2 Å². The highest BCUT2D eigenvalue weighted by Crippen LogP contribution is 2.40. The Hall–Kier alpha value is -0.510. The van der Waals surface area contributed by atoms with Crippen LogP contribution in [-0.2, 0) is 0 Å². The first-order valence-corrected chi connectivity index (χ1v) is 8.03. The Kier molecular flexibility index (Phi) is 3.92. The molecule has 0 bridgehead atoms. The van der Waals surface area contributed by atoms with Crippen LogP contribution in [0.2, 0.25) is 0 Å². The van der Waals surface area contributed by atoms with E-state index in [4.69, 9.17) is 5.73 Å². The zero-order valence-electron chi connectivity index (χ0n) is 10.8. The van der Waals surface area contributed by atoms with Crippen molar-refractivity contribution < 1.29 is 0 Å². The first-order valence-electron chi connectivity index (χ1n) is 7.04. The SMILES string of the molecule is NCC1CCN(C2CCSc3ccccc32)CC1. The Balaban J connectivity index is 1.74. The van der Waals surface area contributed by atoms with Crippen molar-refractivity contribution in [3.8, 4) is 0 Å². The second-order valence-electron chi connectivity index (χ2n) is 5.41. The second kappa shape index (κ2) is 5.64. The van der Waals surface area contributed by atoms with Gasteiger partial charge in [-0.2, -0.15) is 0 Å². The summed E-state index contributed by atoms with van der Waals surface area (Å²) in [5.41, 5.74) is 7.34. The lowest BCUT2D eigenvalue weighted by atomic mass is 9.93. The van der Waals surface area contributed by atoms with E-state index >= 15 is 0 Å². The lowest BCUT2D eigenvalue weighted by Gasteiger charge is -2.39. The van der Waals surface area contributed by atoms with Crippen LogP contribution >= 0.6 is 11.8 Å². The van der Waals surface area contributed by atoms with Gasteiger partial charge >= 0.3 is 0 Å². The summed E-state index contributed by atoms with van der Waals surface area (Å²) in [5, 5.41) is 0. The fourth-order valence-corrected chi connectivity index (χ4v) is 4.31. The minimum atomic E-state index is 0.654. The molecule has 1 aromatic rings. The van der Waals surface area contributed by atoms with Crippen LogP contribution in [0.4, 0.5) is 0 Å². The predicted molar refractivity (Wildman–Crippen MR) is 77.9 cm³/mol. The Morgan fingerprint density at radius 2 is 1.94 bits per heavy atom. The van der Waals surface area contributed by atoms with E-state index in [9.17, 15) is 0 Å². The average Bonchev–Trinajstić information content (AvgIpc) is 2.47. The topological polar surface area (TPSA) is 29.3 Å². The molecule has 1 atom stereocenters. The Labute approximate surface area is 114 Å². The smallest absolute Gasteiger partial charge is 0.0367 e. The van der Waals surface area contributed by atoms with E-state index in [-0.39, 0.29) is 0 Å². The summed E-state index contributed by atoms with van der Waals surface area (Å²) in [7, 11) is 0. The predicted octanol–water partition coefficient (Wildman–Crippen LogP) is 2.89. The number of hydrogen-bond donors (Lipinski definition) is 1. The van der Waals surface area contributed by atoms with Crippen LogP contribution in [0.25, 0.3) is 0 Å². The standard InChI is InChI=1S/C15H22N2S/c16-11-12-5-8-17(9-6-12)14-7-10-18-15-4-2-1-3-13(14)15/h1-4,12,14H,5-11,16H2. The van der Waals surface area contributed by atoms with Crippen molar-refractivity contribution in [1.82, 2.24) is 4.90 Å². The third-order valence-corrected chi connectivity index (χ3v) is 5.47. The van der Waals surface area contributed by atoms with E-state index < -0.39 is 0 Å². The van der Waals surface area contributed by atoms with Crippen molar-refractivity contribution in [2.75, 3.05) is 25.4 Å². The third kappa shape index (κ3) is 2.44. The maximum atomic E-state index is 5.78. The molecule has 2 nitrogen and oxygen atoms in total. The first-order chi connectivity index (χ1) is 8.88. The van der Waals surface area contributed by atoms with Crippen LogP contribution in [0, 0.1) is 5.92 Å². The lowest BCUT2D eigenvalue weighted by Crippen LogP contribution is -2.39. The number of likely N-dealkylation sites (tertiary alicyclic amines) is 1. The molecule has 2 heterocycles. The molecule has 3 heteroatoms. The molecule has 18 heavy (non-hydrogen) atoms. The summed E-state index contributed by atoms with van der Waals surface area (Å²) in [6.07, 6.45) is 3.86. The molecule has 1 fully saturated rings. The second-order valence-corrected chi connectivity index (χ2v) is 6.54. The summed E-state index contributed by atoms with van der Waals surface area (Å²) in [4.78, 5) is 4.18. The van der Waals surface area contributed by atoms with Gasteiger partial charge in [-0.25, -0.2) is 0 Å². The van der Waals surface area contributed by atoms with E-state index in [2.05, 4.69) is 29.2 Å². The first kappa shape index (κ1) is 12.5. The molecule has 98 valence electrons. The van der Waals surface area contributed by atoms with Crippen LogP contribution in [0.1, 0.15) is 30.9 Å². The number of rotatable bonds is 2. The van der Waals surface area contributed by atoms with Gasteiger partial charge < -0.3 is 5.73 Å². The van der Waals surface area contributed by atoms with Gasteiger partial charge in [-0.15, -0.1) is 11.8 Å². The van der Waals surface area contributed by atoms with Gasteiger partial charge in [-0.3, -0.25) is 4.90 Å². The van der Waals surface area contributed by atoms with Gasteiger partial charge in [0.05, 0.1) is 0 Å². The molecule has 2 N–H and O–H groups in total. The van der Waals surface area contributed by atoms with Gasteiger partial charge in [0.15, 0.2) is 0 Å². The van der Waals surface area contributed by atoms with Gasteiger partial charge in [0.1, 0.15) is 0 Å². The van der Waals surface area contributed by atoms with Gasteiger partial charge in [-0.05, 0) is 62.2 Å². The van der Waals surface area contributed by atoms with Crippen molar-refractivity contribution >= 4 is 11.8 Å². The van der Waals surface area contributed by atoms with Gasteiger partial charge in [0.25, 0.3) is 0 Å². The van der Waals surface area contributed by atoms with Crippen molar-refractivity contribution in [2.24, 2.45) is 11.7 Å². The Morgan fingerprint density at radius 3 is 2.72 bits per heavy atom. The molecule has 1 aromatic carbocycles. The molecule has 0 aliphatic carbocycles. The molecule has 1 saturated heterocycles. The van der Waals surface area contributed by atoms with Crippen molar-refractivity contribution in [3.05, 3.63) is 29.8 Å². The maximum absolute atomic E-state index is 5.78. The summed E-state index contributed by atoms with van der Waals surface area (Å²) < 4.78 is 0.